The summed E-state index contributed by atoms with van der Waals surface area (Å²) in [5.74, 6) is 1.72. The molecule has 2 N–H and O–H groups in total. The number of aromatic nitrogens is 4. The van der Waals surface area contributed by atoms with Crippen molar-refractivity contribution >= 4 is 11.7 Å². The molecule has 1 aliphatic rings. The van der Waals surface area contributed by atoms with Gasteiger partial charge in [0.15, 0.2) is 0 Å². The van der Waals surface area contributed by atoms with Crippen LogP contribution in [0.2, 0.25) is 0 Å². The summed E-state index contributed by atoms with van der Waals surface area (Å²) in [6, 6.07) is 0. The minimum Gasteiger partial charge on any atom is -0.369 e. The van der Waals surface area contributed by atoms with E-state index in [4.69, 9.17) is 0 Å². The first kappa shape index (κ1) is 14.5. The number of hydrogen-bond acceptors (Lipinski definition) is 5. The molecule has 0 saturated carbocycles. The molecule has 2 aromatic rings. The van der Waals surface area contributed by atoms with Crippen molar-refractivity contribution in [1.82, 2.24) is 24.8 Å². The number of aryl methyl sites for hydroxylation is 1. The highest BCUT2D eigenvalue weighted by atomic mass is 16.2. The van der Waals surface area contributed by atoms with E-state index < -0.39 is 0 Å². The first-order chi connectivity index (χ1) is 10.6. The number of imidazole rings is 1. The van der Waals surface area contributed by atoms with Crippen LogP contribution in [0, 0.1) is 6.92 Å². The largest absolute Gasteiger partial charge is 0.369 e. The number of aromatic amines is 1. The summed E-state index contributed by atoms with van der Waals surface area (Å²) in [5.41, 5.74) is 3.18. The molecule has 0 unspecified atom stereocenters. The van der Waals surface area contributed by atoms with Crippen molar-refractivity contribution in [2.45, 2.75) is 33.2 Å². The molecule has 116 valence electrons. The number of carbonyl (C=O) groups is 1. The molecule has 0 radical (unpaired) electrons. The molecule has 3 heterocycles. The predicted octanol–water partition coefficient (Wildman–Crippen LogP) is 1.07. The van der Waals surface area contributed by atoms with Crippen LogP contribution in [-0.4, -0.2) is 43.8 Å². The zero-order valence-corrected chi connectivity index (χ0v) is 12.9. The molecule has 0 aliphatic carbocycles. The van der Waals surface area contributed by atoms with E-state index in [1.807, 2.05) is 18.0 Å². The van der Waals surface area contributed by atoms with E-state index in [9.17, 15) is 4.79 Å². The van der Waals surface area contributed by atoms with Crippen molar-refractivity contribution in [2.75, 3.05) is 18.4 Å². The highest BCUT2D eigenvalue weighted by Crippen LogP contribution is 2.23. The van der Waals surface area contributed by atoms with Crippen LogP contribution in [0.25, 0.3) is 0 Å². The lowest BCUT2D eigenvalue weighted by molar-refractivity contribution is -0.129. The van der Waals surface area contributed by atoms with Crippen molar-refractivity contribution in [3.05, 3.63) is 35.3 Å². The van der Waals surface area contributed by atoms with Crippen molar-refractivity contribution in [3.8, 4) is 0 Å². The molecule has 0 fully saturated rings. The van der Waals surface area contributed by atoms with Crippen molar-refractivity contribution < 1.29 is 4.79 Å². The lowest BCUT2D eigenvalue weighted by atomic mass is 10.1. The van der Waals surface area contributed by atoms with E-state index in [0.29, 0.717) is 6.54 Å². The molecule has 1 aliphatic heterocycles. The highest BCUT2D eigenvalue weighted by Gasteiger charge is 2.22. The van der Waals surface area contributed by atoms with Gasteiger partial charge in [-0.05, 0) is 13.3 Å². The van der Waals surface area contributed by atoms with Gasteiger partial charge in [0, 0.05) is 43.9 Å². The molecule has 0 aromatic carbocycles. The van der Waals surface area contributed by atoms with Gasteiger partial charge in [0.2, 0.25) is 5.91 Å². The lowest BCUT2D eigenvalue weighted by Crippen LogP contribution is -2.35. The quantitative estimate of drug-likeness (QED) is 0.882. The van der Waals surface area contributed by atoms with Crippen molar-refractivity contribution in [1.29, 1.82) is 0 Å². The van der Waals surface area contributed by atoms with Gasteiger partial charge in [-0.2, -0.15) is 0 Å². The SMILES string of the molecule is CC(=O)N1CCc2c(nc(C)nc2NCCc2cnc[nH]2)C1. The summed E-state index contributed by atoms with van der Waals surface area (Å²) < 4.78 is 0. The fourth-order valence-electron chi connectivity index (χ4n) is 2.71. The van der Waals surface area contributed by atoms with Crippen molar-refractivity contribution in [3.63, 3.8) is 0 Å². The van der Waals surface area contributed by atoms with Gasteiger partial charge < -0.3 is 15.2 Å². The van der Waals surface area contributed by atoms with Gasteiger partial charge in [-0.1, -0.05) is 0 Å². The van der Waals surface area contributed by atoms with Gasteiger partial charge in [-0.25, -0.2) is 15.0 Å². The average Bonchev–Trinajstić information content (AvgIpc) is 2.99. The van der Waals surface area contributed by atoms with E-state index >= 15 is 0 Å². The number of amides is 1. The number of nitrogens with zero attached hydrogens (tertiary/aromatic N) is 4. The second kappa shape index (κ2) is 6.13. The van der Waals surface area contributed by atoms with Crippen LogP contribution in [0.15, 0.2) is 12.5 Å². The minimum atomic E-state index is 0.0932. The zero-order chi connectivity index (χ0) is 15.5. The third-order valence-corrected chi connectivity index (χ3v) is 3.86. The summed E-state index contributed by atoms with van der Waals surface area (Å²) in [7, 11) is 0. The molecule has 2 aromatic heterocycles. The van der Waals surface area contributed by atoms with E-state index in [0.717, 1.165) is 54.5 Å². The van der Waals surface area contributed by atoms with Gasteiger partial charge in [0.25, 0.3) is 0 Å². The number of carbonyl (C=O) groups excluding carboxylic acids is 1. The molecule has 7 nitrogen and oxygen atoms in total. The Balaban J connectivity index is 1.73. The van der Waals surface area contributed by atoms with E-state index in [1.54, 1.807) is 13.3 Å². The number of H-pyrrole nitrogens is 1. The Morgan fingerprint density at radius 1 is 1.45 bits per heavy atom. The minimum absolute atomic E-state index is 0.0932. The molecule has 3 rings (SSSR count). The summed E-state index contributed by atoms with van der Waals surface area (Å²) >= 11 is 0. The van der Waals surface area contributed by atoms with Gasteiger partial charge >= 0.3 is 0 Å². The zero-order valence-electron chi connectivity index (χ0n) is 12.9. The first-order valence-electron chi connectivity index (χ1n) is 7.46. The Morgan fingerprint density at radius 2 is 2.32 bits per heavy atom. The summed E-state index contributed by atoms with van der Waals surface area (Å²) in [6.07, 6.45) is 5.16. The molecule has 0 atom stereocenters. The molecular weight excluding hydrogens is 280 g/mol. The van der Waals surface area contributed by atoms with Crippen LogP contribution in [0.1, 0.15) is 29.7 Å². The smallest absolute Gasteiger partial charge is 0.219 e. The van der Waals surface area contributed by atoms with Gasteiger partial charge in [0.1, 0.15) is 11.6 Å². The van der Waals surface area contributed by atoms with Crippen LogP contribution < -0.4 is 5.32 Å². The molecule has 1 amide bonds. The molecule has 0 bridgehead atoms. The maximum absolute atomic E-state index is 11.5. The Kier molecular flexibility index (Phi) is 4.04. The fourth-order valence-corrected chi connectivity index (χ4v) is 2.71. The fraction of sp³-hybridized carbons (Fsp3) is 0.467. The molecule has 22 heavy (non-hydrogen) atoms. The Hall–Kier alpha value is -2.44. The van der Waals surface area contributed by atoms with Crippen LogP contribution in [0.3, 0.4) is 0 Å². The molecule has 7 heteroatoms. The number of rotatable bonds is 4. The number of fused-ring (bicyclic) bond motifs is 1. The maximum atomic E-state index is 11.5. The van der Waals surface area contributed by atoms with Gasteiger partial charge in [0.05, 0.1) is 18.6 Å². The first-order valence-corrected chi connectivity index (χ1v) is 7.46. The second-order valence-electron chi connectivity index (χ2n) is 5.49. The van der Waals surface area contributed by atoms with E-state index in [2.05, 4.69) is 25.3 Å². The van der Waals surface area contributed by atoms with Crippen LogP contribution in [0.5, 0.6) is 0 Å². The van der Waals surface area contributed by atoms with Crippen LogP contribution in [0.4, 0.5) is 5.82 Å². The van der Waals surface area contributed by atoms with Gasteiger partial charge in [-0.3, -0.25) is 4.79 Å². The maximum Gasteiger partial charge on any atom is 0.219 e. The van der Waals surface area contributed by atoms with E-state index in [1.165, 1.54) is 0 Å². The number of anilines is 1. The Bertz CT molecular complexity index is 667. The average molecular weight is 300 g/mol. The predicted molar refractivity (Wildman–Crippen MR) is 82.3 cm³/mol. The summed E-state index contributed by atoms with van der Waals surface area (Å²) in [5, 5.41) is 3.39. The van der Waals surface area contributed by atoms with Crippen molar-refractivity contribution in [2.24, 2.45) is 0 Å². The summed E-state index contributed by atoms with van der Waals surface area (Å²) in [4.78, 5) is 29.5. The molecule has 0 spiro atoms. The lowest BCUT2D eigenvalue weighted by Gasteiger charge is -2.28. The molecular formula is C15H20N6O. The topological polar surface area (TPSA) is 86.8 Å². The Morgan fingerprint density at radius 3 is 3.05 bits per heavy atom. The number of nitrogens with one attached hydrogen (secondary N) is 2. The summed E-state index contributed by atoms with van der Waals surface area (Å²) in [6.45, 7) is 5.56. The monoisotopic (exact) mass is 300 g/mol. The third kappa shape index (κ3) is 3.08. The van der Waals surface area contributed by atoms with E-state index in [-0.39, 0.29) is 5.91 Å². The van der Waals surface area contributed by atoms with Gasteiger partial charge in [-0.15, -0.1) is 0 Å². The molecule has 0 saturated heterocycles. The van der Waals surface area contributed by atoms with Crippen LogP contribution in [-0.2, 0) is 24.2 Å². The third-order valence-electron chi connectivity index (χ3n) is 3.86. The standard InChI is InChI=1S/C15H20N6O/c1-10-19-14-8-21(11(2)22)6-4-13(14)15(20-10)17-5-3-12-7-16-9-18-12/h7,9H,3-6,8H2,1-2H3,(H,16,18)(H,17,19,20). The van der Waals surface area contributed by atoms with Crippen LogP contribution >= 0.6 is 0 Å². The second-order valence-corrected chi connectivity index (χ2v) is 5.49. The highest BCUT2D eigenvalue weighted by molar-refractivity contribution is 5.73. The Labute approximate surface area is 129 Å². The normalized spacial score (nSPS) is 13.8. The number of hydrogen-bond donors (Lipinski definition) is 2.